The highest BCUT2D eigenvalue weighted by molar-refractivity contribution is 7.86. The van der Waals surface area contributed by atoms with E-state index in [4.69, 9.17) is 0 Å². The predicted molar refractivity (Wildman–Crippen MR) is 75.3 cm³/mol. The lowest BCUT2D eigenvalue weighted by Gasteiger charge is -2.41. The number of hydrogen-bond acceptors (Lipinski definition) is 4. The zero-order chi connectivity index (χ0) is 13.2. The van der Waals surface area contributed by atoms with E-state index in [1.807, 2.05) is 19.3 Å². The first kappa shape index (κ1) is 13.5. The molecule has 1 unspecified atom stereocenters. The van der Waals surface area contributed by atoms with E-state index in [0.29, 0.717) is 0 Å². The first-order chi connectivity index (χ1) is 8.61. The monoisotopic (exact) mass is 267 g/mol. The fourth-order valence-electron chi connectivity index (χ4n) is 2.42. The van der Waals surface area contributed by atoms with Crippen molar-refractivity contribution < 1.29 is 4.21 Å². The van der Waals surface area contributed by atoms with Crippen LogP contribution < -0.4 is 4.90 Å². The van der Waals surface area contributed by atoms with Crippen LogP contribution in [0.5, 0.6) is 0 Å². The van der Waals surface area contributed by atoms with E-state index in [2.05, 4.69) is 28.7 Å². The van der Waals surface area contributed by atoms with Gasteiger partial charge in [0.15, 0.2) is 0 Å². The van der Waals surface area contributed by atoms with Crippen molar-refractivity contribution in [2.45, 2.75) is 38.4 Å². The lowest BCUT2D eigenvalue weighted by molar-refractivity contribution is 0.492. The molecule has 18 heavy (non-hydrogen) atoms. The third-order valence-electron chi connectivity index (χ3n) is 3.85. The van der Waals surface area contributed by atoms with Gasteiger partial charge in [-0.3, -0.25) is 4.21 Å². The summed E-state index contributed by atoms with van der Waals surface area (Å²) in [7, 11) is -0.733. The van der Waals surface area contributed by atoms with Gasteiger partial charge in [-0.15, -0.1) is 0 Å². The Morgan fingerprint density at radius 1 is 1.33 bits per heavy atom. The molecule has 1 aromatic rings. The predicted octanol–water partition coefficient (Wildman–Crippen LogP) is 1.91. The van der Waals surface area contributed by atoms with Gasteiger partial charge in [0.1, 0.15) is 0 Å². The second kappa shape index (κ2) is 5.34. The van der Waals surface area contributed by atoms with E-state index in [1.54, 1.807) is 0 Å². The maximum Gasteiger partial charge on any atom is 0.225 e. The van der Waals surface area contributed by atoms with Crippen LogP contribution in [0.25, 0.3) is 0 Å². The molecule has 0 spiro atoms. The first-order valence-corrected chi connectivity index (χ1v) is 7.85. The molecule has 1 atom stereocenters. The SMILES string of the molecule is CCC1(CC)CN(c2ncc(C)cn2)CCS1=O. The summed E-state index contributed by atoms with van der Waals surface area (Å²) in [6.45, 7) is 7.83. The van der Waals surface area contributed by atoms with Gasteiger partial charge < -0.3 is 4.90 Å². The number of rotatable bonds is 3. The van der Waals surface area contributed by atoms with Gasteiger partial charge in [0, 0.05) is 42.0 Å². The van der Waals surface area contributed by atoms with Crippen molar-refractivity contribution in [1.29, 1.82) is 0 Å². The van der Waals surface area contributed by atoms with Gasteiger partial charge in [-0.25, -0.2) is 9.97 Å². The van der Waals surface area contributed by atoms with Crippen LogP contribution in [0.1, 0.15) is 32.3 Å². The summed E-state index contributed by atoms with van der Waals surface area (Å²) >= 11 is 0. The van der Waals surface area contributed by atoms with E-state index in [1.165, 1.54) is 0 Å². The highest BCUT2D eigenvalue weighted by Crippen LogP contribution is 2.29. The molecule has 0 radical (unpaired) electrons. The van der Waals surface area contributed by atoms with Crippen molar-refractivity contribution in [2.75, 3.05) is 23.7 Å². The molecule has 1 aliphatic rings. The molecule has 1 aromatic heterocycles. The lowest BCUT2D eigenvalue weighted by Crippen LogP contribution is -2.53. The number of nitrogens with zero attached hydrogens (tertiary/aromatic N) is 3. The summed E-state index contributed by atoms with van der Waals surface area (Å²) in [6.07, 6.45) is 5.57. The van der Waals surface area contributed by atoms with E-state index in [9.17, 15) is 4.21 Å². The van der Waals surface area contributed by atoms with Crippen LogP contribution in [0.2, 0.25) is 0 Å². The summed E-state index contributed by atoms with van der Waals surface area (Å²) in [5.74, 6) is 1.49. The van der Waals surface area contributed by atoms with Crippen molar-refractivity contribution in [3.63, 3.8) is 0 Å². The minimum atomic E-state index is -0.733. The van der Waals surface area contributed by atoms with Gasteiger partial charge in [-0.05, 0) is 25.3 Å². The Labute approximate surface area is 111 Å². The van der Waals surface area contributed by atoms with E-state index < -0.39 is 10.8 Å². The second-order valence-corrected chi connectivity index (χ2v) is 6.89. The van der Waals surface area contributed by atoms with Crippen LogP contribution in [0.3, 0.4) is 0 Å². The molecule has 4 nitrogen and oxygen atoms in total. The van der Waals surface area contributed by atoms with Crippen molar-refractivity contribution in [1.82, 2.24) is 9.97 Å². The molecule has 0 bridgehead atoms. The van der Waals surface area contributed by atoms with E-state index in [-0.39, 0.29) is 4.75 Å². The van der Waals surface area contributed by atoms with Crippen molar-refractivity contribution in [3.8, 4) is 0 Å². The Balaban J connectivity index is 2.21. The zero-order valence-electron chi connectivity index (χ0n) is 11.3. The van der Waals surface area contributed by atoms with Crippen LogP contribution >= 0.6 is 0 Å². The minimum Gasteiger partial charge on any atom is -0.338 e. The van der Waals surface area contributed by atoms with Gasteiger partial charge in [-0.2, -0.15) is 0 Å². The highest BCUT2D eigenvalue weighted by Gasteiger charge is 2.39. The normalized spacial score (nSPS) is 23.1. The Bertz CT molecular complexity index is 428. The summed E-state index contributed by atoms with van der Waals surface area (Å²) in [5, 5.41) is 0. The van der Waals surface area contributed by atoms with Gasteiger partial charge in [0.25, 0.3) is 0 Å². The average molecular weight is 267 g/mol. The maximum absolute atomic E-state index is 12.3. The van der Waals surface area contributed by atoms with E-state index in [0.717, 1.165) is 43.2 Å². The molecule has 0 amide bonds. The molecular formula is C13H21N3OS. The Kier molecular flexibility index (Phi) is 4.00. The second-order valence-electron chi connectivity index (χ2n) is 4.92. The largest absolute Gasteiger partial charge is 0.338 e. The molecule has 2 rings (SSSR count). The number of aryl methyl sites for hydroxylation is 1. The lowest BCUT2D eigenvalue weighted by atomic mass is 10.0. The van der Waals surface area contributed by atoms with Gasteiger partial charge in [-0.1, -0.05) is 13.8 Å². The smallest absolute Gasteiger partial charge is 0.225 e. The van der Waals surface area contributed by atoms with Crippen molar-refractivity contribution >= 4 is 16.7 Å². The van der Waals surface area contributed by atoms with E-state index >= 15 is 0 Å². The van der Waals surface area contributed by atoms with Crippen LogP contribution in [0, 0.1) is 6.92 Å². The molecule has 2 heterocycles. The number of aromatic nitrogens is 2. The quantitative estimate of drug-likeness (QED) is 0.839. The molecule has 1 fully saturated rings. The summed E-state index contributed by atoms with van der Waals surface area (Å²) in [6, 6.07) is 0. The third-order valence-corrected chi connectivity index (χ3v) is 6.07. The number of hydrogen-bond donors (Lipinski definition) is 0. The third kappa shape index (κ3) is 2.41. The molecule has 5 heteroatoms. The molecule has 100 valence electrons. The van der Waals surface area contributed by atoms with Gasteiger partial charge >= 0.3 is 0 Å². The van der Waals surface area contributed by atoms with Crippen LogP contribution in [-0.4, -0.2) is 37.8 Å². The molecule has 0 aromatic carbocycles. The Morgan fingerprint density at radius 2 is 1.94 bits per heavy atom. The van der Waals surface area contributed by atoms with Gasteiger partial charge in [0.05, 0.1) is 4.75 Å². The fraction of sp³-hybridized carbons (Fsp3) is 0.692. The molecule has 0 N–H and O–H groups in total. The topological polar surface area (TPSA) is 46.1 Å². The first-order valence-electron chi connectivity index (χ1n) is 6.53. The van der Waals surface area contributed by atoms with Crippen LogP contribution in [0.4, 0.5) is 5.95 Å². The summed E-state index contributed by atoms with van der Waals surface area (Å²) < 4.78 is 12.2. The summed E-state index contributed by atoms with van der Waals surface area (Å²) in [5.41, 5.74) is 1.07. The number of anilines is 1. The molecule has 1 saturated heterocycles. The molecular weight excluding hydrogens is 246 g/mol. The van der Waals surface area contributed by atoms with Gasteiger partial charge in [0.2, 0.25) is 5.95 Å². The Hall–Kier alpha value is -0.970. The Morgan fingerprint density at radius 3 is 2.50 bits per heavy atom. The van der Waals surface area contributed by atoms with Crippen LogP contribution in [-0.2, 0) is 10.8 Å². The highest BCUT2D eigenvalue weighted by atomic mass is 32.2. The fourth-order valence-corrected chi connectivity index (χ4v) is 4.19. The maximum atomic E-state index is 12.3. The van der Waals surface area contributed by atoms with Crippen LogP contribution in [0.15, 0.2) is 12.4 Å². The molecule has 1 aliphatic heterocycles. The van der Waals surface area contributed by atoms with Crippen molar-refractivity contribution in [3.05, 3.63) is 18.0 Å². The standard InChI is InChI=1S/C13H21N3OS/c1-4-13(5-2)10-16(6-7-18(13)17)12-14-8-11(3)9-15-12/h8-9H,4-7,10H2,1-3H3. The average Bonchev–Trinajstić information content (AvgIpc) is 2.41. The zero-order valence-corrected chi connectivity index (χ0v) is 12.2. The summed E-state index contributed by atoms with van der Waals surface area (Å²) in [4.78, 5) is 10.9. The van der Waals surface area contributed by atoms with Crippen molar-refractivity contribution in [2.24, 2.45) is 0 Å². The molecule has 0 saturated carbocycles. The molecule has 0 aliphatic carbocycles. The minimum absolute atomic E-state index is 0.0908.